The molecule has 1 aliphatic rings. The summed E-state index contributed by atoms with van der Waals surface area (Å²) in [6.07, 6.45) is 1.71. The van der Waals surface area contributed by atoms with E-state index >= 15 is 0 Å². The van der Waals surface area contributed by atoms with Crippen LogP contribution in [0.25, 0.3) is 0 Å². The van der Waals surface area contributed by atoms with Crippen molar-refractivity contribution in [2.45, 2.75) is 23.6 Å². The Bertz CT molecular complexity index is 510. The molecule has 0 amide bonds. The van der Waals surface area contributed by atoms with Crippen molar-refractivity contribution in [2.75, 3.05) is 47.7 Å². The number of hydrogen-bond donors (Lipinski definition) is 1. The van der Waals surface area contributed by atoms with E-state index in [4.69, 9.17) is 9.47 Å². The zero-order valence-electron chi connectivity index (χ0n) is 14.0. The van der Waals surface area contributed by atoms with Gasteiger partial charge in [-0.25, -0.2) is 0 Å². The molecule has 0 radical (unpaired) electrons. The average molecular weight is 326 g/mol. The SMILES string of the molecule is COc1cc(SC)c(OC)cc1CN1C[C@@H](O)[C@H](N(C)C)C1. The number of hydrogen-bond acceptors (Lipinski definition) is 6. The summed E-state index contributed by atoms with van der Waals surface area (Å²) in [7, 11) is 7.40. The lowest BCUT2D eigenvalue weighted by Gasteiger charge is -2.22. The third-order valence-corrected chi connectivity index (χ3v) is 4.94. The summed E-state index contributed by atoms with van der Waals surface area (Å²) in [6, 6.07) is 4.24. The van der Waals surface area contributed by atoms with Crippen molar-refractivity contribution < 1.29 is 14.6 Å². The van der Waals surface area contributed by atoms with Crippen LogP contribution in [0.2, 0.25) is 0 Å². The van der Waals surface area contributed by atoms with E-state index in [0.29, 0.717) is 6.54 Å². The Morgan fingerprint density at radius 2 is 1.91 bits per heavy atom. The van der Waals surface area contributed by atoms with Crippen LogP contribution in [-0.2, 0) is 6.54 Å². The van der Waals surface area contributed by atoms with E-state index < -0.39 is 0 Å². The summed E-state index contributed by atoms with van der Waals surface area (Å²) >= 11 is 1.64. The normalized spacial score (nSPS) is 22.3. The molecule has 0 spiro atoms. The van der Waals surface area contributed by atoms with Gasteiger partial charge in [-0.3, -0.25) is 4.90 Å². The fourth-order valence-electron chi connectivity index (χ4n) is 2.94. The number of rotatable bonds is 6. The number of thioether (sulfide) groups is 1. The maximum atomic E-state index is 10.2. The number of aliphatic hydroxyl groups is 1. The minimum absolute atomic E-state index is 0.179. The van der Waals surface area contributed by atoms with Crippen LogP contribution in [0, 0.1) is 0 Å². The van der Waals surface area contributed by atoms with E-state index in [9.17, 15) is 5.11 Å². The predicted octanol–water partition coefficient (Wildman–Crippen LogP) is 1.53. The third kappa shape index (κ3) is 3.68. The highest BCUT2D eigenvalue weighted by atomic mass is 32.2. The topological polar surface area (TPSA) is 45.2 Å². The second-order valence-electron chi connectivity index (χ2n) is 5.81. The van der Waals surface area contributed by atoms with Crippen LogP contribution in [0.4, 0.5) is 0 Å². The number of likely N-dealkylation sites (N-methyl/N-ethyl adjacent to an activating group) is 1. The van der Waals surface area contributed by atoms with E-state index in [1.807, 2.05) is 32.5 Å². The molecule has 22 heavy (non-hydrogen) atoms. The molecule has 0 bridgehead atoms. The highest BCUT2D eigenvalue weighted by molar-refractivity contribution is 7.98. The summed E-state index contributed by atoms with van der Waals surface area (Å²) < 4.78 is 11.0. The standard InChI is InChI=1S/C16H26N2O3S/c1-17(2)12-9-18(10-13(12)19)8-11-6-15(21-4)16(22-5)7-14(11)20-3/h6-7,12-13,19H,8-10H2,1-5H3/t12-,13-/m1/s1. The van der Waals surface area contributed by atoms with Gasteiger partial charge in [0.2, 0.25) is 0 Å². The largest absolute Gasteiger partial charge is 0.496 e. The van der Waals surface area contributed by atoms with Gasteiger partial charge in [-0.05, 0) is 32.5 Å². The number of β-amino-alcohol motifs (C(OH)–C–C–N with tert-alkyl or cyclic N) is 1. The molecule has 1 saturated heterocycles. The molecule has 0 saturated carbocycles. The first kappa shape index (κ1) is 17.4. The van der Waals surface area contributed by atoms with E-state index in [-0.39, 0.29) is 12.1 Å². The Balaban J connectivity index is 2.19. The highest BCUT2D eigenvalue weighted by Gasteiger charge is 2.33. The molecule has 1 aliphatic heterocycles. The fourth-order valence-corrected chi connectivity index (χ4v) is 3.51. The Morgan fingerprint density at radius 1 is 1.23 bits per heavy atom. The number of benzene rings is 1. The number of aliphatic hydroxyl groups excluding tert-OH is 1. The van der Waals surface area contributed by atoms with Crippen LogP contribution >= 0.6 is 11.8 Å². The first-order valence-corrected chi connectivity index (χ1v) is 8.58. The summed E-state index contributed by atoms with van der Waals surface area (Å²) in [5.41, 5.74) is 1.09. The van der Waals surface area contributed by atoms with Crippen LogP contribution < -0.4 is 9.47 Å². The molecular weight excluding hydrogens is 300 g/mol. The van der Waals surface area contributed by atoms with Crippen molar-refractivity contribution in [1.29, 1.82) is 0 Å². The quantitative estimate of drug-likeness (QED) is 0.800. The van der Waals surface area contributed by atoms with Crippen molar-refractivity contribution in [3.05, 3.63) is 17.7 Å². The van der Waals surface area contributed by atoms with Gasteiger partial charge in [-0.15, -0.1) is 11.8 Å². The maximum Gasteiger partial charge on any atom is 0.132 e. The molecule has 0 aliphatic carbocycles. The molecule has 1 heterocycles. The molecule has 0 aromatic heterocycles. The first-order chi connectivity index (χ1) is 10.5. The van der Waals surface area contributed by atoms with Crippen molar-refractivity contribution in [1.82, 2.24) is 9.80 Å². The Hall–Kier alpha value is -0.950. The molecular formula is C16H26N2O3S. The number of methoxy groups -OCH3 is 2. The lowest BCUT2D eigenvalue weighted by atomic mass is 10.1. The van der Waals surface area contributed by atoms with Gasteiger partial charge in [-0.1, -0.05) is 0 Å². The summed E-state index contributed by atoms with van der Waals surface area (Å²) in [4.78, 5) is 5.40. The summed E-state index contributed by atoms with van der Waals surface area (Å²) in [6.45, 7) is 2.28. The minimum Gasteiger partial charge on any atom is -0.496 e. The molecule has 5 nitrogen and oxygen atoms in total. The van der Waals surface area contributed by atoms with Gasteiger partial charge in [0.15, 0.2) is 0 Å². The second-order valence-corrected chi connectivity index (χ2v) is 6.66. The molecule has 1 aromatic rings. The number of nitrogens with zero attached hydrogens (tertiary/aromatic N) is 2. The number of likely N-dealkylation sites (tertiary alicyclic amines) is 1. The van der Waals surface area contributed by atoms with E-state index in [0.717, 1.165) is 35.0 Å². The van der Waals surface area contributed by atoms with Gasteiger partial charge in [0.05, 0.1) is 25.2 Å². The first-order valence-electron chi connectivity index (χ1n) is 7.35. The lowest BCUT2D eigenvalue weighted by Crippen LogP contribution is -2.37. The second kappa shape index (κ2) is 7.55. The van der Waals surface area contributed by atoms with E-state index in [1.54, 1.807) is 26.0 Å². The van der Waals surface area contributed by atoms with Crippen molar-refractivity contribution >= 4 is 11.8 Å². The summed E-state index contributed by atoms with van der Waals surface area (Å²) in [5.74, 6) is 1.74. The zero-order valence-corrected chi connectivity index (χ0v) is 14.8. The van der Waals surface area contributed by atoms with Crippen LogP contribution in [0.3, 0.4) is 0 Å². The minimum atomic E-state index is -0.312. The van der Waals surface area contributed by atoms with Crippen molar-refractivity contribution in [3.63, 3.8) is 0 Å². The maximum absolute atomic E-state index is 10.2. The molecule has 6 heteroatoms. The molecule has 1 aromatic carbocycles. The van der Waals surface area contributed by atoms with Crippen LogP contribution in [0.1, 0.15) is 5.56 Å². The molecule has 1 fully saturated rings. The van der Waals surface area contributed by atoms with Crippen LogP contribution in [0.15, 0.2) is 17.0 Å². The zero-order chi connectivity index (χ0) is 16.3. The van der Waals surface area contributed by atoms with Gasteiger partial charge in [0, 0.05) is 31.2 Å². The van der Waals surface area contributed by atoms with Crippen LogP contribution in [0.5, 0.6) is 11.5 Å². The molecule has 0 unspecified atom stereocenters. The third-order valence-electron chi connectivity index (χ3n) is 4.18. The van der Waals surface area contributed by atoms with Crippen molar-refractivity contribution in [2.24, 2.45) is 0 Å². The van der Waals surface area contributed by atoms with E-state index in [1.165, 1.54) is 0 Å². The van der Waals surface area contributed by atoms with Crippen molar-refractivity contribution in [3.8, 4) is 11.5 Å². The lowest BCUT2D eigenvalue weighted by molar-refractivity contribution is 0.112. The smallest absolute Gasteiger partial charge is 0.132 e. The fraction of sp³-hybridized carbons (Fsp3) is 0.625. The molecule has 1 N–H and O–H groups in total. The van der Waals surface area contributed by atoms with E-state index in [2.05, 4.69) is 9.80 Å². The Labute approximate surface area is 137 Å². The molecule has 2 rings (SSSR count). The number of ether oxygens (including phenoxy) is 2. The van der Waals surface area contributed by atoms with Gasteiger partial charge in [0.1, 0.15) is 11.5 Å². The molecule has 124 valence electrons. The molecule has 2 atom stereocenters. The monoisotopic (exact) mass is 326 g/mol. The van der Waals surface area contributed by atoms with Gasteiger partial charge in [0.25, 0.3) is 0 Å². The highest BCUT2D eigenvalue weighted by Crippen LogP contribution is 2.35. The average Bonchev–Trinajstić information content (AvgIpc) is 2.87. The summed E-state index contributed by atoms with van der Waals surface area (Å²) in [5, 5.41) is 10.2. The van der Waals surface area contributed by atoms with Crippen LogP contribution in [-0.4, -0.2) is 74.7 Å². The van der Waals surface area contributed by atoms with Gasteiger partial charge >= 0.3 is 0 Å². The van der Waals surface area contributed by atoms with Gasteiger partial charge in [-0.2, -0.15) is 0 Å². The Kier molecular flexibility index (Phi) is 5.97. The Morgan fingerprint density at radius 3 is 2.41 bits per heavy atom. The van der Waals surface area contributed by atoms with Gasteiger partial charge < -0.3 is 19.5 Å². The predicted molar refractivity (Wildman–Crippen MR) is 90.1 cm³/mol.